The molecule has 2 aliphatic rings. The fourth-order valence-corrected chi connectivity index (χ4v) is 5.77. The summed E-state index contributed by atoms with van der Waals surface area (Å²) in [5.74, 6) is 0.117. The normalized spacial score (nSPS) is 21.1. The molecule has 2 aliphatic heterocycles. The summed E-state index contributed by atoms with van der Waals surface area (Å²) in [4.78, 5) is 0. The summed E-state index contributed by atoms with van der Waals surface area (Å²) in [6.45, 7) is 2.50. The topological polar surface area (TPSA) is 36.9 Å². The molecule has 0 atom stereocenters. The van der Waals surface area contributed by atoms with Gasteiger partial charge in [-0.05, 0) is 0 Å². The lowest BCUT2D eigenvalue weighted by atomic mass is 10.1. The van der Waals surface area contributed by atoms with Gasteiger partial charge in [0.1, 0.15) is 0 Å². The number of hydrogen-bond donors (Lipinski definition) is 0. The monoisotopic (exact) mass is 390 g/mol. The molecular weight excluding hydrogens is 368 g/mol. The van der Waals surface area contributed by atoms with Crippen LogP contribution in [0.15, 0.2) is 60.7 Å². The molecule has 2 aromatic rings. The first-order valence-electron chi connectivity index (χ1n) is 8.74. The molecule has 4 nitrogen and oxygen atoms in total. The standard InChI is InChI=1S/C20H22O4S2/c1-3-7-17(8-4-1)19(21-11-12-22-19)15-25-26-16-20(23-13-14-24-20)18-9-5-2-6-10-18/h1-10H,11-16H2. The fraction of sp³-hybridized carbons (Fsp3) is 0.400. The van der Waals surface area contributed by atoms with Crippen LogP contribution in [-0.2, 0) is 30.5 Å². The molecule has 0 unspecified atom stereocenters. The highest BCUT2D eigenvalue weighted by molar-refractivity contribution is 8.76. The molecule has 0 bridgehead atoms. The SMILES string of the molecule is c1ccc(C2(CSSCC3(c4ccccc4)OCCO3)OCCO2)cc1. The maximum Gasteiger partial charge on any atom is 0.205 e. The first kappa shape index (κ1) is 18.3. The van der Waals surface area contributed by atoms with Crippen LogP contribution in [0.3, 0.4) is 0 Å². The quantitative estimate of drug-likeness (QED) is 0.522. The minimum absolute atomic E-state index is 0.625. The van der Waals surface area contributed by atoms with Crippen molar-refractivity contribution in [2.45, 2.75) is 11.6 Å². The van der Waals surface area contributed by atoms with Crippen LogP contribution in [0.2, 0.25) is 0 Å². The fourth-order valence-electron chi connectivity index (χ4n) is 3.20. The van der Waals surface area contributed by atoms with Crippen LogP contribution in [0.1, 0.15) is 11.1 Å². The van der Waals surface area contributed by atoms with Crippen molar-refractivity contribution in [1.29, 1.82) is 0 Å². The van der Waals surface area contributed by atoms with Gasteiger partial charge in [0, 0.05) is 11.1 Å². The van der Waals surface area contributed by atoms with Crippen molar-refractivity contribution in [1.82, 2.24) is 0 Å². The van der Waals surface area contributed by atoms with Gasteiger partial charge >= 0.3 is 0 Å². The summed E-state index contributed by atoms with van der Waals surface area (Å²) in [6, 6.07) is 20.3. The summed E-state index contributed by atoms with van der Waals surface area (Å²) >= 11 is 0. The second-order valence-electron chi connectivity index (χ2n) is 6.16. The molecule has 0 radical (unpaired) electrons. The van der Waals surface area contributed by atoms with Crippen molar-refractivity contribution in [3.05, 3.63) is 71.8 Å². The summed E-state index contributed by atoms with van der Waals surface area (Å²) in [6.07, 6.45) is 0. The second kappa shape index (κ2) is 8.33. The Morgan fingerprint density at radius 1 is 0.577 bits per heavy atom. The number of ether oxygens (including phenoxy) is 4. The van der Waals surface area contributed by atoms with Crippen LogP contribution >= 0.6 is 21.6 Å². The van der Waals surface area contributed by atoms with Crippen molar-refractivity contribution < 1.29 is 18.9 Å². The number of hydrogen-bond acceptors (Lipinski definition) is 6. The zero-order valence-electron chi connectivity index (χ0n) is 14.5. The molecule has 2 aromatic carbocycles. The third-order valence-corrected chi connectivity index (χ3v) is 6.89. The van der Waals surface area contributed by atoms with Crippen LogP contribution in [-0.4, -0.2) is 37.9 Å². The van der Waals surface area contributed by atoms with Gasteiger partial charge in [-0.1, -0.05) is 82.3 Å². The first-order valence-corrected chi connectivity index (χ1v) is 11.2. The molecule has 0 saturated carbocycles. The highest BCUT2D eigenvalue weighted by Gasteiger charge is 2.41. The van der Waals surface area contributed by atoms with Gasteiger partial charge in [-0.2, -0.15) is 0 Å². The Balaban J connectivity index is 1.39. The van der Waals surface area contributed by atoms with E-state index in [4.69, 9.17) is 18.9 Å². The van der Waals surface area contributed by atoms with Gasteiger partial charge in [0.05, 0.1) is 37.9 Å². The van der Waals surface area contributed by atoms with Crippen LogP contribution in [0, 0.1) is 0 Å². The van der Waals surface area contributed by atoms with Gasteiger partial charge in [0.15, 0.2) is 0 Å². The molecule has 0 spiro atoms. The summed E-state index contributed by atoms with van der Waals surface area (Å²) in [7, 11) is 3.46. The predicted octanol–water partition coefficient (Wildman–Crippen LogP) is 4.17. The third kappa shape index (κ3) is 3.81. The van der Waals surface area contributed by atoms with Gasteiger partial charge in [0.2, 0.25) is 11.6 Å². The van der Waals surface area contributed by atoms with Crippen LogP contribution in [0.4, 0.5) is 0 Å². The minimum Gasteiger partial charge on any atom is -0.343 e. The van der Waals surface area contributed by atoms with Crippen molar-refractivity contribution in [3.63, 3.8) is 0 Å². The maximum atomic E-state index is 5.99. The van der Waals surface area contributed by atoms with E-state index < -0.39 is 11.6 Å². The average Bonchev–Trinajstić information content (AvgIpc) is 3.38. The Labute approximate surface area is 161 Å². The minimum atomic E-state index is -0.657. The zero-order chi connectivity index (χ0) is 17.7. The summed E-state index contributed by atoms with van der Waals surface area (Å²) < 4.78 is 24.0. The molecule has 138 valence electrons. The lowest BCUT2D eigenvalue weighted by Crippen LogP contribution is -2.31. The summed E-state index contributed by atoms with van der Waals surface area (Å²) in [5, 5.41) is 0. The first-order chi connectivity index (χ1) is 12.8. The molecule has 2 saturated heterocycles. The Bertz CT molecular complexity index is 622. The van der Waals surface area contributed by atoms with Crippen LogP contribution < -0.4 is 0 Å². The van der Waals surface area contributed by atoms with Gasteiger partial charge in [-0.15, -0.1) is 0 Å². The van der Waals surface area contributed by atoms with Crippen molar-refractivity contribution in [3.8, 4) is 0 Å². The Morgan fingerprint density at radius 3 is 1.27 bits per heavy atom. The van der Waals surface area contributed by atoms with E-state index in [-0.39, 0.29) is 0 Å². The van der Waals surface area contributed by atoms with Crippen molar-refractivity contribution in [2.75, 3.05) is 37.9 Å². The van der Waals surface area contributed by atoms with E-state index in [1.54, 1.807) is 21.6 Å². The van der Waals surface area contributed by atoms with E-state index in [9.17, 15) is 0 Å². The summed E-state index contributed by atoms with van der Waals surface area (Å²) in [5.41, 5.74) is 2.13. The van der Waals surface area contributed by atoms with E-state index in [0.29, 0.717) is 37.9 Å². The van der Waals surface area contributed by atoms with Crippen molar-refractivity contribution >= 4 is 21.6 Å². The molecule has 6 heteroatoms. The maximum absolute atomic E-state index is 5.99. The van der Waals surface area contributed by atoms with Crippen LogP contribution in [0.25, 0.3) is 0 Å². The average molecular weight is 391 g/mol. The van der Waals surface area contributed by atoms with Crippen LogP contribution in [0.5, 0.6) is 0 Å². The van der Waals surface area contributed by atoms with Gasteiger partial charge in [0.25, 0.3) is 0 Å². The lowest BCUT2D eigenvalue weighted by molar-refractivity contribution is -0.146. The predicted molar refractivity (Wildman–Crippen MR) is 105 cm³/mol. The molecule has 2 fully saturated rings. The van der Waals surface area contributed by atoms with Gasteiger partial charge in [-0.25, -0.2) is 0 Å². The molecule has 0 amide bonds. The molecule has 2 heterocycles. The van der Waals surface area contributed by atoms with Gasteiger partial charge in [-0.3, -0.25) is 0 Å². The zero-order valence-corrected chi connectivity index (χ0v) is 16.1. The van der Waals surface area contributed by atoms with Gasteiger partial charge < -0.3 is 18.9 Å². The largest absolute Gasteiger partial charge is 0.343 e. The van der Waals surface area contributed by atoms with Crippen molar-refractivity contribution in [2.24, 2.45) is 0 Å². The van der Waals surface area contributed by atoms with E-state index in [1.807, 2.05) is 36.4 Å². The molecule has 26 heavy (non-hydrogen) atoms. The Hall–Kier alpha value is -1.02. The van der Waals surface area contributed by atoms with E-state index in [1.165, 1.54) is 0 Å². The molecule has 0 N–H and O–H groups in total. The third-order valence-electron chi connectivity index (χ3n) is 4.52. The molecule has 0 aliphatic carbocycles. The highest BCUT2D eigenvalue weighted by atomic mass is 33.1. The molecule has 0 aromatic heterocycles. The second-order valence-corrected chi connectivity index (χ2v) is 8.62. The highest BCUT2D eigenvalue weighted by Crippen LogP contribution is 2.42. The molecular formula is C20H22O4S2. The Kier molecular flexibility index (Phi) is 5.88. The number of rotatable bonds is 7. The lowest BCUT2D eigenvalue weighted by Gasteiger charge is -2.29. The number of benzene rings is 2. The van der Waals surface area contributed by atoms with E-state index >= 15 is 0 Å². The Morgan fingerprint density at radius 2 is 0.923 bits per heavy atom. The van der Waals surface area contributed by atoms with E-state index in [2.05, 4.69) is 24.3 Å². The smallest absolute Gasteiger partial charge is 0.205 e. The van der Waals surface area contributed by atoms with E-state index in [0.717, 1.165) is 11.1 Å². The molecule has 4 rings (SSSR count).